The largest absolute Gasteiger partial charge is 0.481 e. The van der Waals surface area contributed by atoms with Crippen LogP contribution in [0.3, 0.4) is 0 Å². The van der Waals surface area contributed by atoms with Gasteiger partial charge >= 0.3 is 5.97 Å². The van der Waals surface area contributed by atoms with Crippen LogP contribution < -0.4 is 0 Å². The van der Waals surface area contributed by atoms with Gasteiger partial charge in [0.25, 0.3) is 0 Å². The molecule has 1 N–H and O–H groups in total. The number of nitrogens with zero attached hydrogens (tertiary/aromatic N) is 1. The molecule has 0 aromatic carbocycles. The lowest BCUT2D eigenvalue weighted by atomic mass is 9.60. The molecule has 0 aromatic rings. The number of carboxylic acid groups (broad SMARTS) is 1. The third-order valence-corrected chi connectivity index (χ3v) is 7.84. The van der Waals surface area contributed by atoms with Crippen LogP contribution in [0.1, 0.15) is 110 Å². The van der Waals surface area contributed by atoms with Crippen LogP contribution in [0.2, 0.25) is 0 Å². The first-order valence-electron chi connectivity index (χ1n) is 11.6. The molecule has 2 saturated carbocycles. The van der Waals surface area contributed by atoms with Crippen LogP contribution in [-0.2, 0) is 4.79 Å². The molecule has 2 aliphatic carbocycles. The van der Waals surface area contributed by atoms with Gasteiger partial charge in [-0.2, -0.15) is 5.26 Å². The Balaban J connectivity index is 1.71. The smallest absolute Gasteiger partial charge is 0.303 e. The van der Waals surface area contributed by atoms with E-state index in [1.807, 2.05) is 6.92 Å². The Kier molecular flexibility index (Phi) is 9.13. The monoisotopic (exact) mass is 375 g/mol. The predicted molar refractivity (Wildman–Crippen MR) is 110 cm³/mol. The van der Waals surface area contributed by atoms with Crippen LogP contribution in [0, 0.1) is 40.4 Å². The van der Waals surface area contributed by atoms with Crippen molar-refractivity contribution in [2.45, 2.75) is 110 Å². The van der Waals surface area contributed by atoms with Crippen molar-refractivity contribution in [3.05, 3.63) is 0 Å². The quantitative estimate of drug-likeness (QED) is 0.420. The van der Waals surface area contributed by atoms with E-state index in [9.17, 15) is 10.1 Å². The Morgan fingerprint density at radius 3 is 2.19 bits per heavy atom. The second-order valence-corrected chi connectivity index (χ2v) is 9.59. The molecule has 3 nitrogen and oxygen atoms in total. The summed E-state index contributed by atoms with van der Waals surface area (Å²) in [4.78, 5) is 11.1. The van der Waals surface area contributed by atoms with Crippen LogP contribution in [0.25, 0.3) is 0 Å². The number of hydrogen-bond acceptors (Lipinski definition) is 2. The Morgan fingerprint density at radius 1 is 1.04 bits per heavy atom. The predicted octanol–water partition coefficient (Wildman–Crippen LogP) is 6.96. The van der Waals surface area contributed by atoms with Gasteiger partial charge in [-0.15, -0.1) is 0 Å². The second kappa shape index (κ2) is 11.1. The Bertz CT molecular complexity index is 479. The summed E-state index contributed by atoms with van der Waals surface area (Å²) >= 11 is 0. The van der Waals surface area contributed by atoms with Crippen molar-refractivity contribution in [3.63, 3.8) is 0 Å². The van der Waals surface area contributed by atoms with E-state index < -0.39 is 11.4 Å². The molecule has 2 rings (SSSR count). The van der Waals surface area contributed by atoms with Crippen molar-refractivity contribution in [1.82, 2.24) is 0 Å². The van der Waals surface area contributed by atoms with E-state index in [4.69, 9.17) is 5.11 Å². The molecular weight excluding hydrogens is 334 g/mol. The van der Waals surface area contributed by atoms with Gasteiger partial charge < -0.3 is 5.11 Å². The molecule has 0 bridgehead atoms. The molecule has 0 saturated heterocycles. The number of nitriles is 1. The number of hydrogen-bond donors (Lipinski definition) is 1. The van der Waals surface area contributed by atoms with E-state index in [-0.39, 0.29) is 12.3 Å². The van der Waals surface area contributed by atoms with Gasteiger partial charge in [0, 0.05) is 6.42 Å². The molecule has 3 heteroatoms. The minimum absolute atomic E-state index is 0.0376. The van der Waals surface area contributed by atoms with E-state index in [2.05, 4.69) is 13.0 Å². The molecule has 0 aliphatic heterocycles. The zero-order chi connectivity index (χ0) is 19.7. The maximum atomic E-state index is 11.1. The number of carboxylic acids is 1. The zero-order valence-electron chi connectivity index (χ0n) is 17.7. The van der Waals surface area contributed by atoms with Crippen molar-refractivity contribution in [2.75, 3.05) is 0 Å². The van der Waals surface area contributed by atoms with Crippen molar-refractivity contribution in [3.8, 4) is 6.07 Å². The molecule has 0 spiro atoms. The average Bonchev–Trinajstić information content (AvgIpc) is 2.68. The van der Waals surface area contributed by atoms with Gasteiger partial charge in [0.05, 0.1) is 11.5 Å². The lowest BCUT2D eigenvalue weighted by Crippen LogP contribution is -2.36. The fourth-order valence-electron chi connectivity index (χ4n) is 5.78. The lowest BCUT2D eigenvalue weighted by Gasteiger charge is -2.43. The minimum Gasteiger partial charge on any atom is -0.481 e. The lowest BCUT2D eigenvalue weighted by molar-refractivity contribution is -0.139. The highest BCUT2D eigenvalue weighted by Crippen LogP contribution is 2.49. The van der Waals surface area contributed by atoms with Gasteiger partial charge in [0.1, 0.15) is 0 Å². The van der Waals surface area contributed by atoms with E-state index in [0.717, 1.165) is 43.4 Å². The van der Waals surface area contributed by atoms with Gasteiger partial charge in [-0.25, -0.2) is 0 Å². The SMILES string of the molecule is CCCCCCCC1CCC([C@H]2CC[C@](C#N)([C@H](C)CC(=O)O)CC2)CC1. The Hall–Kier alpha value is -1.04. The van der Waals surface area contributed by atoms with Gasteiger partial charge in [-0.1, -0.05) is 65.2 Å². The van der Waals surface area contributed by atoms with Gasteiger partial charge in [0.2, 0.25) is 0 Å². The molecule has 27 heavy (non-hydrogen) atoms. The van der Waals surface area contributed by atoms with Crippen molar-refractivity contribution in [2.24, 2.45) is 29.1 Å². The van der Waals surface area contributed by atoms with Gasteiger partial charge in [-0.05, 0) is 62.2 Å². The van der Waals surface area contributed by atoms with Crippen molar-refractivity contribution < 1.29 is 9.90 Å². The topological polar surface area (TPSA) is 61.1 Å². The normalized spacial score (nSPS) is 32.6. The van der Waals surface area contributed by atoms with E-state index in [1.165, 1.54) is 64.2 Å². The summed E-state index contributed by atoms with van der Waals surface area (Å²) in [6.45, 7) is 4.24. The molecule has 0 radical (unpaired) electrons. The molecule has 1 atom stereocenters. The maximum absolute atomic E-state index is 11.1. The molecular formula is C24H41NO2. The third kappa shape index (κ3) is 6.51. The highest BCUT2D eigenvalue weighted by Gasteiger charge is 2.42. The van der Waals surface area contributed by atoms with Gasteiger partial charge in [0.15, 0.2) is 0 Å². The number of rotatable bonds is 10. The van der Waals surface area contributed by atoms with Crippen LogP contribution >= 0.6 is 0 Å². The van der Waals surface area contributed by atoms with Crippen LogP contribution in [0.4, 0.5) is 0 Å². The average molecular weight is 376 g/mol. The molecule has 0 unspecified atom stereocenters. The highest BCUT2D eigenvalue weighted by atomic mass is 16.4. The fraction of sp³-hybridized carbons (Fsp3) is 0.917. The number of unbranched alkanes of at least 4 members (excludes halogenated alkanes) is 4. The van der Waals surface area contributed by atoms with E-state index in [1.54, 1.807) is 0 Å². The first-order valence-corrected chi connectivity index (χ1v) is 11.6. The molecule has 154 valence electrons. The summed E-state index contributed by atoms with van der Waals surface area (Å²) < 4.78 is 0. The van der Waals surface area contributed by atoms with E-state index in [0.29, 0.717) is 0 Å². The van der Waals surface area contributed by atoms with Crippen molar-refractivity contribution >= 4 is 5.97 Å². The number of carbonyl (C=O) groups is 1. The van der Waals surface area contributed by atoms with E-state index >= 15 is 0 Å². The summed E-state index contributed by atoms with van der Waals surface area (Å²) in [5.41, 5.74) is -0.398. The standard InChI is InChI=1S/C24H41NO2/c1-3-4-5-6-7-8-20-9-11-21(12-10-20)22-13-15-24(18-25,16-14-22)19(2)17-23(26)27/h19-22H,3-17H2,1-2H3,(H,26,27)/t19-,20?,21?,22-,24-/m1/s1. The summed E-state index contributed by atoms with van der Waals surface area (Å²) in [6, 6.07) is 2.53. The zero-order valence-corrected chi connectivity index (χ0v) is 17.7. The van der Waals surface area contributed by atoms with Crippen LogP contribution in [-0.4, -0.2) is 11.1 Å². The maximum Gasteiger partial charge on any atom is 0.303 e. The van der Waals surface area contributed by atoms with Crippen molar-refractivity contribution in [1.29, 1.82) is 5.26 Å². The molecule has 2 aliphatic rings. The second-order valence-electron chi connectivity index (χ2n) is 9.59. The first kappa shape index (κ1) is 22.3. The summed E-state index contributed by atoms with van der Waals surface area (Å²) in [5.74, 6) is 1.78. The van der Waals surface area contributed by atoms with Crippen LogP contribution in [0.15, 0.2) is 0 Å². The van der Waals surface area contributed by atoms with Gasteiger partial charge in [-0.3, -0.25) is 4.79 Å². The first-order chi connectivity index (χ1) is 13.0. The molecule has 0 heterocycles. The fourth-order valence-corrected chi connectivity index (χ4v) is 5.78. The highest BCUT2D eigenvalue weighted by molar-refractivity contribution is 5.67. The molecule has 0 amide bonds. The number of aliphatic carboxylic acids is 1. The minimum atomic E-state index is -0.771. The van der Waals surface area contributed by atoms with Crippen LogP contribution in [0.5, 0.6) is 0 Å². The molecule has 2 fully saturated rings. The Labute approximate surface area is 166 Å². The summed E-state index contributed by atoms with van der Waals surface area (Å²) in [7, 11) is 0. The summed E-state index contributed by atoms with van der Waals surface area (Å²) in [6.07, 6.45) is 18.2. The summed E-state index contributed by atoms with van der Waals surface area (Å²) in [5, 5.41) is 18.8. The molecule has 0 aromatic heterocycles. The third-order valence-electron chi connectivity index (χ3n) is 7.84. The Morgan fingerprint density at radius 2 is 1.63 bits per heavy atom.